The van der Waals surface area contributed by atoms with Crippen LogP contribution in [0.5, 0.6) is 0 Å². The molecule has 0 radical (unpaired) electrons. The largest absolute Gasteiger partial charge is 0.381 e. The van der Waals surface area contributed by atoms with E-state index >= 15 is 0 Å². The highest BCUT2D eigenvalue weighted by molar-refractivity contribution is 5.46. The first-order chi connectivity index (χ1) is 15.3. The summed E-state index contributed by atoms with van der Waals surface area (Å²) in [5.41, 5.74) is 3.35. The number of nitro benzene ring substituents is 2. The number of ether oxygens (including phenoxy) is 1. The summed E-state index contributed by atoms with van der Waals surface area (Å²) in [7, 11) is 0. The summed E-state index contributed by atoms with van der Waals surface area (Å²) < 4.78 is 5.69. The molecular formula is C26H36N2O5. The van der Waals surface area contributed by atoms with Crippen molar-refractivity contribution < 1.29 is 14.6 Å². The van der Waals surface area contributed by atoms with Crippen LogP contribution >= 0.6 is 0 Å². The predicted octanol–water partition coefficient (Wildman–Crippen LogP) is 6.68. The first-order valence-electron chi connectivity index (χ1n) is 11.4. The zero-order chi connectivity index (χ0) is 24.8. The van der Waals surface area contributed by atoms with Gasteiger partial charge in [-0.1, -0.05) is 65.8 Å². The van der Waals surface area contributed by atoms with Gasteiger partial charge in [-0.15, -0.1) is 0 Å². The van der Waals surface area contributed by atoms with E-state index in [0.29, 0.717) is 50.0 Å². The Morgan fingerprint density at radius 2 is 1.06 bits per heavy atom. The van der Waals surface area contributed by atoms with Crippen molar-refractivity contribution in [2.24, 2.45) is 0 Å². The number of benzene rings is 2. The van der Waals surface area contributed by atoms with Gasteiger partial charge in [0.2, 0.25) is 0 Å². The van der Waals surface area contributed by atoms with Gasteiger partial charge in [-0.2, -0.15) is 0 Å². The number of nitro groups is 2. The van der Waals surface area contributed by atoms with Crippen LogP contribution in [0.2, 0.25) is 0 Å². The molecule has 0 amide bonds. The number of hydrogen-bond donors (Lipinski definition) is 0. The van der Waals surface area contributed by atoms with Crippen molar-refractivity contribution in [2.45, 2.75) is 78.1 Å². The molecule has 0 aliphatic carbocycles. The zero-order valence-corrected chi connectivity index (χ0v) is 20.6. The molecule has 0 aliphatic heterocycles. The molecule has 33 heavy (non-hydrogen) atoms. The van der Waals surface area contributed by atoms with Gasteiger partial charge in [-0.3, -0.25) is 20.2 Å². The van der Waals surface area contributed by atoms with Crippen molar-refractivity contribution in [1.82, 2.24) is 0 Å². The lowest BCUT2D eigenvalue weighted by molar-refractivity contribution is -0.385. The molecule has 2 aromatic carbocycles. The number of aryl methyl sites for hydroxylation is 2. The van der Waals surface area contributed by atoms with Gasteiger partial charge < -0.3 is 4.74 Å². The van der Waals surface area contributed by atoms with Crippen molar-refractivity contribution in [3.8, 4) is 0 Å². The molecule has 7 heteroatoms. The van der Waals surface area contributed by atoms with Crippen LogP contribution in [-0.4, -0.2) is 23.1 Å². The maximum absolute atomic E-state index is 11.5. The molecule has 2 aromatic rings. The lowest BCUT2D eigenvalue weighted by Gasteiger charge is -2.19. The summed E-state index contributed by atoms with van der Waals surface area (Å²) in [6, 6.07) is 11.0. The van der Waals surface area contributed by atoms with Crippen molar-refractivity contribution >= 4 is 11.4 Å². The van der Waals surface area contributed by atoms with Gasteiger partial charge in [0.15, 0.2) is 0 Å². The smallest absolute Gasteiger partial charge is 0.272 e. The van der Waals surface area contributed by atoms with Crippen molar-refractivity contribution in [3.63, 3.8) is 0 Å². The highest BCUT2D eigenvalue weighted by atomic mass is 16.6. The van der Waals surface area contributed by atoms with E-state index in [0.717, 1.165) is 11.1 Å². The fourth-order valence-electron chi connectivity index (χ4n) is 3.65. The minimum atomic E-state index is -0.316. The van der Waals surface area contributed by atoms with E-state index in [1.807, 2.05) is 65.8 Å². The topological polar surface area (TPSA) is 95.5 Å². The fraction of sp³-hybridized carbons (Fsp3) is 0.538. The van der Waals surface area contributed by atoms with Crippen LogP contribution in [0.3, 0.4) is 0 Å². The maximum Gasteiger partial charge on any atom is 0.272 e. The second kappa shape index (κ2) is 10.9. The molecule has 0 heterocycles. The number of hydrogen-bond acceptors (Lipinski definition) is 5. The van der Waals surface area contributed by atoms with Crippen LogP contribution in [-0.2, 0) is 28.4 Å². The number of nitrogens with zero attached hydrogens (tertiary/aromatic N) is 2. The second-order valence-corrected chi connectivity index (χ2v) is 10.5. The van der Waals surface area contributed by atoms with Crippen LogP contribution in [0.15, 0.2) is 36.4 Å². The Balaban J connectivity index is 1.84. The lowest BCUT2D eigenvalue weighted by Crippen LogP contribution is -2.12. The Labute approximate surface area is 196 Å². The summed E-state index contributed by atoms with van der Waals surface area (Å²) in [4.78, 5) is 22.3. The molecule has 0 atom stereocenters. The van der Waals surface area contributed by atoms with Crippen molar-refractivity contribution in [3.05, 3.63) is 78.9 Å². The SMILES string of the molecule is CC(C)(C)c1ccc(CCCOCCCc2ccc(C(C)(C)C)cc2[N+](=O)[O-])c([N+](=O)[O-])c1. The molecule has 0 bridgehead atoms. The minimum absolute atomic E-state index is 0.144. The predicted molar refractivity (Wildman–Crippen MR) is 131 cm³/mol. The molecule has 7 nitrogen and oxygen atoms in total. The van der Waals surface area contributed by atoms with Gasteiger partial charge in [-0.05, 0) is 47.6 Å². The van der Waals surface area contributed by atoms with E-state index in [1.54, 1.807) is 12.1 Å². The Kier molecular flexibility index (Phi) is 8.72. The molecule has 0 fully saturated rings. The van der Waals surface area contributed by atoms with E-state index in [2.05, 4.69) is 0 Å². The van der Waals surface area contributed by atoms with E-state index in [4.69, 9.17) is 4.74 Å². The third kappa shape index (κ3) is 7.63. The third-order valence-corrected chi connectivity index (χ3v) is 5.77. The highest BCUT2D eigenvalue weighted by Gasteiger charge is 2.21. The standard InChI is InChI=1S/C26H36N2O5/c1-25(2,3)21-13-11-19(23(17-21)27(29)30)9-7-15-33-16-8-10-20-12-14-22(26(4,5)6)18-24(20)28(31)32/h11-14,17-18H,7-10,15-16H2,1-6H3. The average molecular weight is 457 g/mol. The first-order valence-corrected chi connectivity index (χ1v) is 11.4. The van der Waals surface area contributed by atoms with Crippen LogP contribution in [0.1, 0.15) is 76.6 Å². The summed E-state index contributed by atoms with van der Waals surface area (Å²) in [6.07, 6.45) is 2.49. The summed E-state index contributed by atoms with van der Waals surface area (Å²) in [6.45, 7) is 13.2. The molecule has 0 spiro atoms. The fourth-order valence-corrected chi connectivity index (χ4v) is 3.65. The Morgan fingerprint density at radius 3 is 1.36 bits per heavy atom. The molecule has 0 aromatic heterocycles. The summed E-state index contributed by atoms with van der Waals surface area (Å²) >= 11 is 0. The van der Waals surface area contributed by atoms with E-state index in [9.17, 15) is 20.2 Å². The summed E-state index contributed by atoms with van der Waals surface area (Å²) in [5.74, 6) is 0. The van der Waals surface area contributed by atoms with Crippen LogP contribution in [0, 0.1) is 20.2 Å². The molecule has 0 N–H and O–H groups in total. The quantitative estimate of drug-likeness (QED) is 0.226. The molecule has 0 saturated heterocycles. The molecule has 0 aliphatic rings. The van der Waals surface area contributed by atoms with Gasteiger partial charge in [0.25, 0.3) is 11.4 Å². The highest BCUT2D eigenvalue weighted by Crippen LogP contribution is 2.30. The summed E-state index contributed by atoms with van der Waals surface area (Å²) in [5, 5.41) is 23.0. The lowest BCUT2D eigenvalue weighted by atomic mass is 9.86. The van der Waals surface area contributed by atoms with E-state index in [-0.39, 0.29) is 32.1 Å². The molecule has 0 saturated carbocycles. The van der Waals surface area contributed by atoms with Gasteiger partial charge in [0.05, 0.1) is 9.85 Å². The normalized spacial score (nSPS) is 12.1. The first kappa shape index (κ1) is 26.5. The third-order valence-electron chi connectivity index (χ3n) is 5.77. The van der Waals surface area contributed by atoms with Crippen LogP contribution in [0.25, 0.3) is 0 Å². The van der Waals surface area contributed by atoms with Crippen molar-refractivity contribution in [2.75, 3.05) is 13.2 Å². The molecule has 180 valence electrons. The van der Waals surface area contributed by atoms with Gasteiger partial charge in [-0.25, -0.2) is 0 Å². The minimum Gasteiger partial charge on any atom is -0.381 e. The average Bonchev–Trinajstić information content (AvgIpc) is 2.71. The molecular weight excluding hydrogens is 420 g/mol. The monoisotopic (exact) mass is 456 g/mol. The molecule has 0 unspecified atom stereocenters. The Bertz CT molecular complexity index is 908. The van der Waals surface area contributed by atoms with Crippen molar-refractivity contribution in [1.29, 1.82) is 0 Å². The van der Waals surface area contributed by atoms with Crippen LogP contribution < -0.4 is 0 Å². The Hall–Kier alpha value is -2.80. The van der Waals surface area contributed by atoms with Gasteiger partial charge >= 0.3 is 0 Å². The second-order valence-electron chi connectivity index (χ2n) is 10.5. The Morgan fingerprint density at radius 1 is 0.697 bits per heavy atom. The maximum atomic E-state index is 11.5. The van der Waals surface area contributed by atoms with E-state index < -0.39 is 0 Å². The zero-order valence-electron chi connectivity index (χ0n) is 20.6. The van der Waals surface area contributed by atoms with Gasteiger partial charge in [0, 0.05) is 36.5 Å². The molecule has 2 rings (SSSR count). The van der Waals surface area contributed by atoms with E-state index in [1.165, 1.54) is 0 Å². The van der Waals surface area contributed by atoms with Crippen LogP contribution in [0.4, 0.5) is 11.4 Å². The number of rotatable bonds is 10. The van der Waals surface area contributed by atoms with Gasteiger partial charge in [0.1, 0.15) is 0 Å².